The first-order chi connectivity index (χ1) is 13.2. The minimum absolute atomic E-state index is 0.248. The molecular weight excluding hydrogens is 342 g/mol. The van der Waals surface area contributed by atoms with Gasteiger partial charge in [0.05, 0.1) is 7.11 Å². The Morgan fingerprint density at radius 3 is 2.74 bits per heavy atom. The largest absolute Gasteiger partial charge is 0.493 e. The van der Waals surface area contributed by atoms with Crippen molar-refractivity contribution in [3.63, 3.8) is 0 Å². The molecule has 146 valence electrons. The normalized spacial score (nSPS) is 15.7. The zero-order valence-electron chi connectivity index (χ0n) is 16.2. The number of hydrogen-bond donors (Lipinski definition) is 1. The summed E-state index contributed by atoms with van der Waals surface area (Å²) in [6.07, 6.45) is 5.24. The lowest BCUT2D eigenvalue weighted by Gasteiger charge is -2.20. The van der Waals surface area contributed by atoms with Crippen LogP contribution in [-0.2, 0) is 12.8 Å². The van der Waals surface area contributed by atoms with Gasteiger partial charge in [-0.1, -0.05) is 13.0 Å². The second-order valence-electron chi connectivity index (χ2n) is 6.95. The number of β-amino-alcohol motifs (C(OH)–C–C–N with tert-alkyl or cyclic N) is 1. The quantitative estimate of drug-likeness (QED) is 0.730. The van der Waals surface area contributed by atoms with Crippen LogP contribution in [0, 0.1) is 0 Å². The standard InChI is InChI=1S/C21H29N3O3/c1-3-17-8-9-22-21(23-17)13-16-6-7-19(26-2)20(12-16)27-15-18(25)14-24-10-4-5-11-24/h6-9,12,18,25H,3-5,10-11,13-15H2,1-2H3/t18-/m0/s1. The van der Waals surface area contributed by atoms with E-state index in [1.807, 2.05) is 24.3 Å². The highest BCUT2D eigenvalue weighted by Gasteiger charge is 2.17. The molecule has 1 N–H and O–H groups in total. The molecule has 0 saturated carbocycles. The van der Waals surface area contributed by atoms with Crippen molar-refractivity contribution in [2.45, 2.75) is 38.7 Å². The van der Waals surface area contributed by atoms with Crippen LogP contribution >= 0.6 is 0 Å². The minimum Gasteiger partial charge on any atom is -0.493 e. The molecule has 1 fully saturated rings. The Kier molecular flexibility index (Phi) is 7.01. The highest BCUT2D eigenvalue weighted by molar-refractivity contribution is 5.43. The monoisotopic (exact) mass is 371 g/mol. The van der Waals surface area contributed by atoms with Gasteiger partial charge in [-0.15, -0.1) is 0 Å². The Balaban J connectivity index is 1.63. The number of aromatic nitrogens is 2. The molecule has 3 rings (SSSR count). The number of ether oxygens (including phenoxy) is 2. The second kappa shape index (κ2) is 9.67. The maximum atomic E-state index is 10.3. The van der Waals surface area contributed by atoms with E-state index >= 15 is 0 Å². The predicted molar refractivity (Wildman–Crippen MR) is 104 cm³/mol. The van der Waals surface area contributed by atoms with Gasteiger partial charge >= 0.3 is 0 Å². The fraction of sp³-hybridized carbons (Fsp3) is 0.524. The highest BCUT2D eigenvalue weighted by atomic mass is 16.5. The molecule has 6 nitrogen and oxygen atoms in total. The van der Waals surface area contributed by atoms with Crippen LogP contribution in [0.5, 0.6) is 11.5 Å². The number of benzene rings is 1. The van der Waals surface area contributed by atoms with Gasteiger partial charge in [0.15, 0.2) is 11.5 Å². The summed E-state index contributed by atoms with van der Waals surface area (Å²) in [5, 5.41) is 10.3. The van der Waals surface area contributed by atoms with Crippen LogP contribution in [0.3, 0.4) is 0 Å². The maximum absolute atomic E-state index is 10.3. The summed E-state index contributed by atoms with van der Waals surface area (Å²) >= 11 is 0. The first-order valence-electron chi connectivity index (χ1n) is 9.69. The molecule has 2 heterocycles. The number of rotatable bonds is 9. The van der Waals surface area contributed by atoms with Crippen LogP contribution in [0.2, 0.25) is 0 Å². The van der Waals surface area contributed by atoms with Gasteiger partial charge in [-0.25, -0.2) is 9.97 Å². The van der Waals surface area contributed by atoms with E-state index in [0.717, 1.165) is 36.6 Å². The molecule has 27 heavy (non-hydrogen) atoms. The molecule has 0 spiro atoms. The number of hydrogen-bond acceptors (Lipinski definition) is 6. The first-order valence-corrected chi connectivity index (χ1v) is 9.69. The van der Waals surface area contributed by atoms with Crippen LogP contribution in [0.1, 0.15) is 36.8 Å². The summed E-state index contributed by atoms with van der Waals surface area (Å²) in [6.45, 7) is 5.11. The van der Waals surface area contributed by atoms with Gasteiger partial charge in [-0.2, -0.15) is 0 Å². The molecule has 0 unspecified atom stereocenters. The van der Waals surface area contributed by atoms with E-state index in [-0.39, 0.29) is 6.61 Å². The number of aliphatic hydroxyl groups is 1. The first kappa shape index (κ1) is 19.6. The molecule has 2 aromatic rings. The van der Waals surface area contributed by atoms with Crippen molar-refractivity contribution in [3.05, 3.63) is 47.5 Å². The molecule has 1 aliphatic rings. The van der Waals surface area contributed by atoms with Crippen molar-refractivity contribution in [2.24, 2.45) is 0 Å². The van der Waals surface area contributed by atoms with Crippen molar-refractivity contribution >= 4 is 0 Å². The van der Waals surface area contributed by atoms with Gasteiger partial charge in [0.2, 0.25) is 0 Å². The van der Waals surface area contributed by atoms with Gasteiger partial charge in [0, 0.05) is 24.9 Å². The third-order valence-electron chi connectivity index (χ3n) is 4.81. The lowest BCUT2D eigenvalue weighted by atomic mass is 10.1. The van der Waals surface area contributed by atoms with Gasteiger partial charge in [-0.05, 0) is 56.1 Å². The van der Waals surface area contributed by atoms with Crippen LogP contribution in [0.25, 0.3) is 0 Å². The van der Waals surface area contributed by atoms with Gasteiger partial charge < -0.3 is 19.5 Å². The van der Waals surface area contributed by atoms with E-state index in [4.69, 9.17) is 9.47 Å². The lowest BCUT2D eigenvalue weighted by Crippen LogP contribution is -2.33. The Morgan fingerprint density at radius 1 is 1.19 bits per heavy atom. The van der Waals surface area contributed by atoms with Crippen molar-refractivity contribution in [1.29, 1.82) is 0 Å². The van der Waals surface area contributed by atoms with Crippen molar-refractivity contribution in [2.75, 3.05) is 33.4 Å². The van der Waals surface area contributed by atoms with E-state index in [1.165, 1.54) is 12.8 Å². The zero-order chi connectivity index (χ0) is 19.1. The summed E-state index contributed by atoms with van der Waals surface area (Å²) in [4.78, 5) is 11.2. The van der Waals surface area contributed by atoms with Crippen molar-refractivity contribution in [1.82, 2.24) is 14.9 Å². The summed E-state index contributed by atoms with van der Waals surface area (Å²) in [5.74, 6) is 2.09. The SMILES string of the molecule is CCc1ccnc(Cc2ccc(OC)c(OC[C@@H](O)CN3CCCC3)c2)n1. The Hall–Kier alpha value is -2.18. The molecule has 6 heteroatoms. The molecule has 1 aliphatic heterocycles. The zero-order valence-corrected chi connectivity index (χ0v) is 16.2. The molecule has 1 aromatic carbocycles. The predicted octanol–water partition coefficient (Wildman–Crippen LogP) is 2.47. The fourth-order valence-corrected chi connectivity index (χ4v) is 3.35. The highest BCUT2D eigenvalue weighted by Crippen LogP contribution is 2.29. The third kappa shape index (κ3) is 5.65. The van der Waals surface area contributed by atoms with E-state index < -0.39 is 6.10 Å². The Labute approximate surface area is 161 Å². The topological polar surface area (TPSA) is 67.7 Å². The average molecular weight is 371 g/mol. The number of aryl methyl sites for hydroxylation is 1. The maximum Gasteiger partial charge on any atom is 0.161 e. The van der Waals surface area contributed by atoms with Crippen molar-refractivity contribution in [3.8, 4) is 11.5 Å². The molecular formula is C21H29N3O3. The van der Waals surface area contributed by atoms with Crippen LogP contribution < -0.4 is 9.47 Å². The van der Waals surface area contributed by atoms with Crippen LogP contribution in [-0.4, -0.2) is 59.4 Å². The average Bonchev–Trinajstić information content (AvgIpc) is 3.19. The number of methoxy groups -OCH3 is 1. The molecule has 1 atom stereocenters. The minimum atomic E-state index is -0.513. The second-order valence-corrected chi connectivity index (χ2v) is 6.95. The van der Waals surface area contributed by atoms with Crippen LogP contribution in [0.15, 0.2) is 30.5 Å². The smallest absolute Gasteiger partial charge is 0.161 e. The van der Waals surface area contributed by atoms with Crippen molar-refractivity contribution < 1.29 is 14.6 Å². The van der Waals surface area contributed by atoms with E-state index in [0.29, 0.717) is 24.5 Å². The lowest BCUT2D eigenvalue weighted by molar-refractivity contribution is 0.0747. The number of aliphatic hydroxyl groups excluding tert-OH is 1. The fourth-order valence-electron chi connectivity index (χ4n) is 3.35. The summed E-state index contributed by atoms with van der Waals surface area (Å²) in [5.41, 5.74) is 2.09. The molecule has 0 amide bonds. The number of nitrogens with zero attached hydrogens (tertiary/aromatic N) is 3. The molecule has 0 bridgehead atoms. The van der Waals surface area contributed by atoms with E-state index in [9.17, 15) is 5.11 Å². The molecule has 0 radical (unpaired) electrons. The molecule has 1 saturated heterocycles. The summed E-state index contributed by atoms with van der Waals surface area (Å²) in [6, 6.07) is 7.77. The van der Waals surface area contributed by atoms with E-state index in [1.54, 1.807) is 13.3 Å². The third-order valence-corrected chi connectivity index (χ3v) is 4.81. The number of likely N-dealkylation sites (tertiary alicyclic amines) is 1. The van der Waals surface area contributed by atoms with Crippen LogP contribution in [0.4, 0.5) is 0 Å². The van der Waals surface area contributed by atoms with E-state index in [2.05, 4.69) is 21.8 Å². The van der Waals surface area contributed by atoms with Gasteiger partial charge in [0.1, 0.15) is 18.5 Å². The van der Waals surface area contributed by atoms with Gasteiger partial charge in [0.25, 0.3) is 0 Å². The molecule has 1 aromatic heterocycles. The van der Waals surface area contributed by atoms with Gasteiger partial charge in [-0.3, -0.25) is 0 Å². The summed E-state index contributed by atoms with van der Waals surface area (Å²) < 4.78 is 11.3. The Bertz CT molecular complexity index is 732. The summed E-state index contributed by atoms with van der Waals surface area (Å²) in [7, 11) is 1.62. The Morgan fingerprint density at radius 2 is 2.00 bits per heavy atom. The molecule has 0 aliphatic carbocycles.